The molecule has 2 N–H and O–H groups in total. The Bertz CT molecular complexity index is 1200. The van der Waals surface area contributed by atoms with E-state index in [1.165, 1.54) is 22.9 Å². The molecule has 4 rings (SSSR count). The van der Waals surface area contributed by atoms with Gasteiger partial charge in [0.2, 0.25) is 0 Å². The van der Waals surface area contributed by atoms with Gasteiger partial charge in [0.05, 0.1) is 12.1 Å². The molecule has 0 aliphatic heterocycles. The Balaban J connectivity index is 1.69. The summed E-state index contributed by atoms with van der Waals surface area (Å²) in [4.78, 5) is 3.96. The molecule has 0 radical (unpaired) electrons. The van der Waals surface area contributed by atoms with Gasteiger partial charge in [0, 0.05) is 28.4 Å². The maximum absolute atomic E-state index is 13.4. The Morgan fingerprint density at radius 3 is 2.38 bits per heavy atom. The summed E-state index contributed by atoms with van der Waals surface area (Å²) >= 11 is 0. The Labute approximate surface area is 158 Å². The summed E-state index contributed by atoms with van der Waals surface area (Å²) in [6.45, 7) is -0.0830. The second-order valence-corrected chi connectivity index (χ2v) is 6.17. The van der Waals surface area contributed by atoms with E-state index in [1.807, 2.05) is 0 Å². The second-order valence-electron chi connectivity index (χ2n) is 6.17. The van der Waals surface area contributed by atoms with E-state index in [9.17, 15) is 26.3 Å². The number of benzene rings is 2. The second kappa shape index (κ2) is 6.54. The van der Waals surface area contributed by atoms with E-state index in [0.717, 1.165) is 6.07 Å². The molecular weight excluding hydrogens is 402 g/mol. The van der Waals surface area contributed by atoms with Crippen molar-refractivity contribution in [1.29, 1.82) is 0 Å². The lowest BCUT2D eigenvalue weighted by Crippen LogP contribution is -2.09. The van der Waals surface area contributed by atoms with E-state index in [2.05, 4.69) is 10.1 Å². The van der Waals surface area contributed by atoms with Crippen molar-refractivity contribution in [2.45, 2.75) is 12.7 Å². The topological polar surface area (TPSA) is 69.9 Å². The van der Waals surface area contributed by atoms with Gasteiger partial charge in [-0.1, -0.05) is 5.16 Å². The van der Waals surface area contributed by atoms with E-state index < -0.39 is 34.9 Å². The molecular formula is C18H10F6N4O. The third-order valence-electron chi connectivity index (χ3n) is 4.28. The van der Waals surface area contributed by atoms with Crippen LogP contribution < -0.4 is 5.73 Å². The number of hydrogen-bond donors (Lipinski definition) is 1. The molecule has 0 bridgehead atoms. The van der Waals surface area contributed by atoms with E-state index in [0.29, 0.717) is 12.1 Å². The molecule has 11 heteroatoms. The molecule has 2 heterocycles. The molecule has 0 amide bonds. The summed E-state index contributed by atoms with van der Waals surface area (Å²) in [5.41, 5.74) is 4.19. The van der Waals surface area contributed by atoms with Crippen LogP contribution in [0.25, 0.3) is 22.4 Å². The molecule has 29 heavy (non-hydrogen) atoms. The van der Waals surface area contributed by atoms with Crippen LogP contribution in [0.2, 0.25) is 0 Å². The first kappa shape index (κ1) is 18.8. The number of rotatable bonds is 3. The van der Waals surface area contributed by atoms with Crippen molar-refractivity contribution in [3.8, 4) is 11.5 Å². The fourth-order valence-electron chi connectivity index (χ4n) is 3.01. The van der Waals surface area contributed by atoms with Gasteiger partial charge in [0.25, 0.3) is 5.89 Å². The van der Waals surface area contributed by atoms with Crippen molar-refractivity contribution in [1.82, 2.24) is 14.7 Å². The van der Waals surface area contributed by atoms with Gasteiger partial charge in [-0.3, -0.25) is 0 Å². The molecule has 5 nitrogen and oxygen atoms in total. The van der Waals surface area contributed by atoms with Crippen molar-refractivity contribution in [2.24, 2.45) is 0 Å². The first-order chi connectivity index (χ1) is 13.6. The molecule has 150 valence electrons. The quantitative estimate of drug-likeness (QED) is 0.299. The number of halogens is 6. The number of hydrogen-bond acceptors (Lipinski definition) is 4. The lowest BCUT2D eigenvalue weighted by atomic mass is 10.1. The monoisotopic (exact) mass is 412 g/mol. The Hall–Kier alpha value is -3.50. The van der Waals surface area contributed by atoms with Gasteiger partial charge in [-0.25, -0.2) is 13.2 Å². The highest BCUT2D eigenvalue weighted by Gasteiger charge is 2.35. The molecule has 0 aliphatic carbocycles. The maximum Gasteiger partial charge on any atom is 0.419 e. The normalized spacial score (nSPS) is 12.1. The number of nitrogens with zero attached hydrogens (tertiary/aromatic N) is 3. The zero-order valence-corrected chi connectivity index (χ0v) is 14.3. The lowest BCUT2D eigenvalue weighted by molar-refractivity contribution is -0.135. The van der Waals surface area contributed by atoms with Gasteiger partial charge in [-0.15, -0.1) is 0 Å². The van der Waals surface area contributed by atoms with Crippen LogP contribution in [0.1, 0.15) is 11.4 Å². The molecule has 0 saturated carbocycles. The van der Waals surface area contributed by atoms with Crippen molar-refractivity contribution >= 4 is 16.6 Å². The minimum Gasteiger partial charge on any atom is -0.398 e. The van der Waals surface area contributed by atoms with Crippen LogP contribution in [0.4, 0.5) is 32.0 Å². The molecule has 0 atom stereocenters. The molecule has 0 fully saturated rings. The number of nitrogens with two attached hydrogens (primary N) is 1. The molecule has 0 aliphatic rings. The standard InChI is InChI=1S/C18H10F6N4O/c19-10-5-8(6-11(20)16(10)21)17-26-14(27-29-17)7-28-4-3-9-13(28)2-1-12(25)15(9)18(22,23)24/h1-6H,7,25H2. The summed E-state index contributed by atoms with van der Waals surface area (Å²) in [5, 5.41) is 3.56. The Morgan fingerprint density at radius 1 is 1.03 bits per heavy atom. The average Bonchev–Trinajstić information content (AvgIpc) is 3.26. The van der Waals surface area contributed by atoms with E-state index in [-0.39, 0.29) is 34.7 Å². The molecule has 2 aromatic heterocycles. The number of fused-ring (bicyclic) bond motifs is 1. The van der Waals surface area contributed by atoms with Crippen molar-refractivity contribution in [2.75, 3.05) is 5.73 Å². The molecule has 0 spiro atoms. The predicted octanol–water partition coefficient (Wildman–Crippen LogP) is 4.76. The molecule has 2 aromatic carbocycles. The van der Waals surface area contributed by atoms with Gasteiger partial charge in [-0.05, 0) is 30.3 Å². The smallest absolute Gasteiger partial charge is 0.398 e. The highest BCUT2D eigenvalue weighted by Crippen LogP contribution is 2.39. The van der Waals surface area contributed by atoms with Crippen LogP contribution in [-0.2, 0) is 12.7 Å². The summed E-state index contributed by atoms with van der Waals surface area (Å²) in [7, 11) is 0. The summed E-state index contributed by atoms with van der Waals surface area (Å²) in [6, 6.07) is 5.22. The van der Waals surface area contributed by atoms with Crippen LogP contribution in [0.5, 0.6) is 0 Å². The van der Waals surface area contributed by atoms with Gasteiger partial charge in [0.15, 0.2) is 23.3 Å². The fourth-order valence-corrected chi connectivity index (χ4v) is 3.01. The largest absolute Gasteiger partial charge is 0.419 e. The number of aromatic nitrogens is 3. The van der Waals surface area contributed by atoms with Crippen molar-refractivity contribution in [3.05, 3.63) is 65.4 Å². The zero-order valence-electron chi connectivity index (χ0n) is 14.3. The molecule has 4 aromatic rings. The summed E-state index contributed by atoms with van der Waals surface area (Å²) in [5.74, 6) is -4.71. The van der Waals surface area contributed by atoms with Gasteiger partial charge in [-0.2, -0.15) is 18.2 Å². The average molecular weight is 412 g/mol. The SMILES string of the molecule is Nc1ccc2c(ccn2Cc2noc(-c3cc(F)c(F)c(F)c3)n2)c1C(F)(F)F. The first-order valence-corrected chi connectivity index (χ1v) is 8.07. The third kappa shape index (κ3) is 3.28. The third-order valence-corrected chi connectivity index (χ3v) is 4.28. The first-order valence-electron chi connectivity index (χ1n) is 8.07. The van der Waals surface area contributed by atoms with Crippen molar-refractivity contribution in [3.63, 3.8) is 0 Å². The lowest BCUT2D eigenvalue weighted by Gasteiger charge is -2.12. The van der Waals surface area contributed by atoms with Crippen LogP contribution >= 0.6 is 0 Å². The van der Waals surface area contributed by atoms with Crippen LogP contribution in [0.3, 0.4) is 0 Å². The van der Waals surface area contributed by atoms with Crippen LogP contribution in [0, 0.1) is 17.5 Å². The van der Waals surface area contributed by atoms with Crippen molar-refractivity contribution < 1.29 is 30.9 Å². The molecule has 0 unspecified atom stereocenters. The number of nitrogen functional groups attached to an aromatic ring is 1. The minimum atomic E-state index is -4.63. The fraction of sp³-hybridized carbons (Fsp3) is 0.111. The van der Waals surface area contributed by atoms with Gasteiger partial charge in [0.1, 0.15) is 0 Å². The highest BCUT2D eigenvalue weighted by molar-refractivity contribution is 5.88. The Morgan fingerprint density at radius 2 is 1.72 bits per heavy atom. The summed E-state index contributed by atoms with van der Waals surface area (Å²) < 4.78 is 86.0. The summed E-state index contributed by atoms with van der Waals surface area (Å²) in [6.07, 6.45) is -3.24. The maximum atomic E-state index is 13.4. The zero-order chi connectivity index (χ0) is 20.9. The van der Waals surface area contributed by atoms with E-state index >= 15 is 0 Å². The number of anilines is 1. The van der Waals surface area contributed by atoms with Gasteiger partial charge >= 0.3 is 6.18 Å². The molecule has 0 saturated heterocycles. The van der Waals surface area contributed by atoms with Crippen LogP contribution in [-0.4, -0.2) is 14.7 Å². The van der Waals surface area contributed by atoms with Crippen LogP contribution in [0.15, 0.2) is 41.1 Å². The van der Waals surface area contributed by atoms with E-state index in [1.54, 1.807) is 0 Å². The Kier molecular flexibility index (Phi) is 4.25. The number of alkyl halides is 3. The van der Waals surface area contributed by atoms with Gasteiger partial charge < -0.3 is 14.8 Å². The minimum absolute atomic E-state index is 0.0352. The predicted molar refractivity (Wildman–Crippen MR) is 90.1 cm³/mol. The highest BCUT2D eigenvalue weighted by atomic mass is 19.4. The van der Waals surface area contributed by atoms with E-state index in [4.69, 9.17) is 10.3 Å².